The molecule has 11 nitrogen and oxygen atoms in total. The van der Waals surface area contributed by atoms with E-state index in [-0.39, 0.29) is 25.7 Å². The van der Waals surface area contributed by atoms with E-state index in [1.54, 1.807) is 17.0 Å². The maximum atomic E-state index is 13.9. The molecule has 1 fully saturated rings. The number of carbonyl (C=O) groups excluding carboxylic acids is 4. The number of hydrogen-bond acceptors (Lipinski definition) is 7. The van der Waals surface area contributed by atoms with Crippen LogP contribution in [0.1, 0.15) is 37.3 Å². The van der Waals surface area contributed by atoms with Gasteiger partial charge in [-0.3, -0.25) is 14.4 Å². The van der Waals surface area contributed by atoms with Gasteiger partial charge in [-0.25, -0.2) is 4.79 Å². The van der Waals surface area contributed by atoms with Crippen LogP contribution in [0, 0.1) is 5.92 Å². The van der Waals surface area contributed by atoms with Gasteiger partial charge >= 0.3 is 6.09 Å². The number of aliphatic hydroxyl groups is 1. The van der Waals surface area contributed by atoms with Gasteiger partial charge in [-0.15, -0.1) is 0 Å². The third kappa shape index (κ3) is 10.2. The summed E-state index contributed by atoms with van der Waals surface area (Å²) in [5.41, 5.74) is 6.06. The monoisotopic (exact) mass is 616 g/mol. The van der Waals surface area contributed by atoms with Crippen molar-refractivity contribution in [3.63, 3.8) is 0 Å². The summed E-state index contributed by atoms with van der Waals surface area (Å²) in [6.45, 7) is 1.81. The van der Waals surface area contributed by atoms with Crippen LogP contribution in [-0.2, 0) is 36.7 Å². The highest BCUT2D eigenvalue weighted by Gasteiger charge is 2.41. The van der Waals surface area contributed by atoms with Gasteiger partial charge in [-0.1, -0.05) is 54.1 Å². The fraction of sp³-hybridized carbons (Fsp3) is 0.484. The minimum Gasteiger partial charge on any atom is -0.437 e. The van der Waals surface area contributed by atoms with Crippen molar-refractivity contribution in [3.05, 3.63) is 70.7 Å². The van der Waals surface area contributed by atoms with E-state index in [4.69, 9.17) is 26.8 Å². The van der Waals surface area contributed by atoms with Gasteiger partial charge in [0.1, 0.15) is 6.04 Å². The van der Waals surface area contributed by atoms with Crippen LogP contribution in [0.25, 0.3) is 0 Å². The van der Waals surface area contributed by atoms with Crippen molar-refractivity contribution in [1.82, 2.24) is 15.5 Å². The maximum Gasteiger partial charge on any atom is 0.405 e. The van der Waals surface area contributed by atoms with Crippen molar-refractivity contribution in [2.24, 2.45) is 11.7 Å². The maximum absolute atomic E-state index is 13.9. The number of primary amides is 1. The van der Waals surface area contributed by atoms with Crippen molar-refractivity contribution < 1.29 is 33.8 Å². The van der Waals surface area contributed by atoms with Gasteiger partial charge in [0, 0.05) is 37.7 Å². The van der Waals surface area contributed by atoms with Crippen molar-refractivity contribution >= 4 is 35.4 Å². The lowest BCUT2D eigenvalue weighted by Gasteiger charge is -2.45. The highest BCUT2D eigenvalue weighted by molar-refractivity contribution is 6.30. The molecule has 3 rings (SSSR count). The molecule has 2 aromatic carbocycles. The smallest absolute Gasteiger partial charge is 0.405 e. The summed E-state index contributed by atoms with van der Waals surface area (Å²) in [6, 6.07) is 15.8. The van der Waals surface area contributed by atoms with Crippen LogP contribution in [-0.4, -0.2) is 84.9 Å². The molecule has 5 N–H and O–H groups in total. The van der Waals surface area contributed by atoms with E-state index in [1.165, 1.54) is 14.0 Å². The summed E-state index contributed by atoms with van der Waals surface area (Å²) in [5.74, 6) is -1.75. The Balaban J connectivity index is 1.86. The molecule has 0 saturated carbocycles. The second-order valence-electron chi connectivity index (χ2n) is 10.9. The number of carbonyl (C=O) groups is 4. The summed E-state index contributed by atoms with van der Waals surface area (Å²) in [5, 5.41) is 16.0. The number of benzene rings is 2. The largest absolute Gasteiger partial charge is 0.437 e. The Labute approximate surface area is 257 Å². The molecule has 0 spiro atoms. The molecule has 2 aromatic rings. The number of amides is 4. The fourth-order valence-corrected chi connectivity index (χ4v) is 5.57. The average Bonchev–Trinajstić information content (AvgIpc) is 2.97. The van der Waals surface area contributed by atoms with Gasteiger partial charge in [-0.05, 0) is 62.3 Å². The van der Waals surface area contributed by atoms with Gasteiger partial charge in [0.2, 0.25) is 11.8 Å². The third-order valence-corrected chi connectivity index (χ3v) is 7.76. The number of nitrogens with zero attached hydrogens (tertiary/aromatic N) is 1. The molecule has 0 bridgehead atoms. The highest BCUT2D eigenvalue weighted by atomic mass is 35.5. The number of nitrogens with two attached hydrogens (primary N) is 1. The normalized spacial score (nSPS) is 18.7. The Morgan fingerprint density at radius 1 is 1.07 bits per heavy atom. The van der Waals surface area contributed by atoms with E-state index in [0.29, 0.717) is 43.7 Å². The minimum absolute atomic E-state index is 0.0912. The number of methoxy groups -OCH3 is 1. The van der Waals surface area contributed by atoms with E-state index in [1.807, 2.05) is 42.5 Å². The SMILES string of the molecule is COCC(NC(=O)C(C)OC(N)=O)C(=O)N[C@@]1(Cc2ccc(Cl)cc2)CCCN(C(=O)C(CCO)Cc2ccccc2)C1. The predicted octanol–water partition coefficient (Wildman–Crippen LogP) is 2.22. The van der Waals surface area contributed by atoms with Crippen LogP contribution in [0.4, 0.5) is 4.79 Å². The van der Waals surface area contributed by atoms with Gasteiger partial charge in [0.05, 0.1) is 12.1 Å². The summed E-state index contributed by atoms with van der Waals surface area (Å²) >= 11 is 6.11. The molecule has 0 aliphatic carbocycles. The lowest BCUT2D eigenvalue weighted by atomic mass is 9.82. The van der Waals surface area contributed by atoms with Crippen LogP contribution in [0.2, 0.25) is 5.02 Å². The number of piperidine rings is 1. The molecule has 12 heteroatoms. The van der Waals surface area contributed by atoms with E-state index in [9.17, 15) is 24.3 Å². The predicted molar refractivity (Wildman–Crippen MR) is 161 cm³/mol. The molecule has 234 valence electrons. The topological polar surface area (TPSA) is 160 Å². The number of ether oxygens (including phenoxy) is 2. The van der Waals surface area contributed by atoms with Crippen LogP contribution >= 0.6 is 11.6 Å². The van der Waals surface area contributed by atoms with E-state index >= 15 is 0 Å². The first kappa shape index (κ1) is 33.8. The number of halogens is 1. The van der Waals surface area contributed by atoms with Crippen LogP contribution in [0.5, 0.6) is 0 Å². The lowest BCUT2D eigenvalue weighted by molar-refractivity contribution is -0.140. The Hall–Kier alpha value is -3.67. The Bertz CT molecular complexity index is 1230. The molecule has 1 aliphatic heterocycles. The van der Waals surface area contributed by atoms with Crippen molar-refractivity contribution in [2.45, 2.75) is 56.7 Å². The summed E-state index contributed by atoms with van der Waals surface area (Å²) in [4.78, 5) is 53.0. The van der Waals surface area contributed by atoms with E-state index in [2.05, 4.69) is 10.6 Å². The third-order valence-electron chi connectivity index (χ3n) is 7.51. The minimum atomic E-state index is -1.22. The molecule has 43 heavy (non-hydrogen) atoms. The molecule has 0 aromatic heterocycles. The zero-order chi connectivity index (χ0) is 31.4. The standard InChI is InChI=1S/C31H41ClN4O7/c1-21(43-30(33)41)27(38)34-26(19-42-2)28(39)35-31(18-23-9-11-25(32)12-10-23)14-6-15-36(20-31)29(40)24(13-16-37)17-22-7-4-3-5-8-22/h3-5,7-12,21,24,26,37H,6,13-20H2,1-2H3,(H2,33,41)(H,34,38)(H,35,39)/t21?,24?,26?,31-/m1/s1. The van der Waals surface area contributed by atoms with Crippen LogP contribution < -0.4 is 16.4 Å². The molecular weight excluding hydrogens is 576 g/mol. The first-order valence-corrected chi connectivity index (χ1v) is 14.7. The number of nitrogens with one attached hydrogen (secondary N) is 2. The molecule has 4 atom stereocenters. The first-order valence-electron chi connectivity index (χ1n) is 14.3. The van der Waals surface area contributed by atoms with E-state index < -0.39 is 41.5 Å². The molecule has 1 saturated heterocycles. The number of hydrogen-bond donors (Lipinski definition) is 4. The Morgan fingerprint density at radius 2 is 1.77 bits per heavy atom. The second kappa shape index (κ2) is 16.3. The average molecular weight is 617 g/mol. The summed E-state index contributed by atoms with van der Waals surface area (Å²) < 4.78 is 9.94. The molecular formula is C31H41ClN4O7. The number of likely N-dealkylation sites (tertiary alicyclic amines) is 1. The number of aliphatic hydroxyl groups excluding tert-OH is 1. The van der Waals surface area contributed by atoms with Gasteiger partial charge in [0.15, 0.2) is 6.10 Å². The molecule has 4 amide bonds. The summed E-state index contributed by atoms with van der Waals surface area (Å²) in [6.07, 6.45) is 0.0669. The van der Waals surface area contributed by atoms with Gasteiger partial charge in [0.25, 0.3) is 5.91 Å². The molecule has 3 unspecified atom stereocenters. The zero-order valence-corrected chi connectivity index (χ0v) is 25.3. The molecule has 1 heterocycles. The van der Waals surface area contributed by atoms with Gasteiger partial charge < -0.3 is 35.8 Å². The first-order chi connectivity index (χ1) is 20.6. The van der Waals surface area contributed by atoms with E-state index in [0.717, 1.165) is 11.1 Å². The van der Waals surface area contributed by atoms with Crippen LogP contribution in [0.3, 0.4) is 0 Å². The second-order valence-corrected chi connectivity index (χ2v) is 11.4. The molecule has 0 radical (unpaired) electrons. The summed E-state index contributed by atoms with van der Waals surface area (Å²) in [7, 11) is 1.40. The highest BCUT2D eigenvalue weighted by Crippen LogP contribution is 2.29. The van der Waals surface area contributed by atoms with Crippen molar-refractivity contribution in [1.29, 1.82) is 0 Å². The van der Waals surface area contributed by atoms with Crippen LogP contribution in [0.15, 0.2) is 54.6 Å². The lowest BCUT2D eigenvalue weighted by Crippen LogP contribution is -2.64. The Kier molecular flexibility index (Phi) is 12.8. The molecule has 1 aliphatic rings. The van der Waals surface area contributed by atoms with Crippen molar-refractivity contribution in [3.8, 4) is 0 Å². The van der Waals surface area contributed by atoms with Crippen molar-refractivity contribution in [2.75, 3.05) is 33.4 Å². The van der Waals surface area contributed by atoms with Gasteiger partial charge in [-0.2, -0.15) is 0 Å². The Morgan fingerprint density at radius 3 is 2.40 bits per heavy atom. The fourth-order valence-electron chi connectivity index (χ4n) is 5.44. The quantitative estimate of drug-likeness (QED) is 0.253. The zero-order valence-electron chi connectivity index (χ0n) is 24.6. The number of rotatable bonds is 14.